The zero-order chi connectivity index (χ0) is 23.0. The van der Waals surface area contributed by atoms with Crippen LogP contribution in [0.5, 0.6) is 5.75 Å². The topological polar surface area (TPSA) is 70.4 Å². The molecule has 32 heavy (non-hydrogen) atoms. The van der Waals surface area contributed by atoms with Crippen LogP contribution in [0.4, 0.5) is 13.2 Å². The summed E-state index contributed by atoms with van der Waals surface area (Å²) in [5.74, 6) is -2.12. The van der Waals surface area contributed by atoms with E-state index in [0.29, 0.717) is 30.0 Å². The van der Waals surface area contributed by atoms with Gasteiger partial charge in [-0.15, -0.1) is 0 Å². The second-order valence-corrected chi connectivity index (χ2v) is 7.38. The monoisotopic (exact) mass is 444 g/mol. The molecular weight excluding hydrogens is 425 g/mol. The number of aromatic nitrogens is 2. The molecule has 2 aromatic carbocycles. The Morgan fingerprint density at radius 3 is 2.59 bits per heavy atom. The first-order chi connectivity index (χ1) is 15.2. The molecule has 4 rings (SSSR count). The largest absolute Gasteiger partial charge is 0.493 e. The van der Waals surface area contributed by atoms with Crippen molar-refractivity contribution in [3.8, 4) is 22.6 Å². The van der Waals surface area contributed by atoms with Gasteiger partial charge >= 0.3 is 12.1 Å². The van der Waals surface area contributed by atoms with Crippen molar-refractivity contribution in [2.75, 3.05) is 13.7 Å². The van der Waals surface area contributed by atoms with Crippen molar-refractivity contribution in [3.63, 3.8) is 0 Å². The molecule has 0 aliphatic carbocycles. The maximum atomic E-state index is 13.9. The maximum Gasteiger partial charge on any atom is 0.417 e. The Morgan fingerprint density at radius 2 is 1.94 bits per heavy atom. The molecule has 2 heterocycles. The van der Waals surface area contributed by atoms with Crippen molar-refractivity contribution in [2.45, 2.75) is 25.9 Å². The molecule has 0 spiro atoms. The highest BCUT2D eigenvalue weighted by Crippen LogP contribution is 2.41. The molecule has 9 heteroatoms. The van der Waals surface area contributed by atoms with Crippen molar-refractivity contribution < 1.29 is 32.2 Å². The average Bonchev–Trinajstić information content (AvgIpc) is 3.22. The molecule has 0 atom stereocenters. The lowest BCUT2D eigenvalue weighted by Gasteiger charge is -2.22. The minimum absolute atomic E-state index is 0.0494. The highest BCUT2D eigenvalue weighted by atomic mass is 19.4. The highest BCUT2D eigenvalue weighted by molar-refractivity contribution is 6.42. The number of alkyl halides is 3. The first-order valence-electron chi connectivity index (χ1n) is 9.86. The fourth-order valence-corrected chi connectivity index (χ4v) is 3.81. The molecule has 0 radical (unpaired) electrons. The number of carbonyl (C=O) groups is 2. The summed E-state index contributed by atoms with van der Waals surface area (Å²) in [7, 11) is 0.949. The maximum absolute atomic E-state index is 13.9. The van der Waals surface area contributed by atoms with Crippen LogP contribution in [-0.4, -0.2) is 35.2 Å². The van der Waals surface area contributed by atoms with E-state index in [1.165, 1.54) is 10.7 Å². The molecule has 166 valence electrons. The van der Waals surface area contributed by atoms with Gasteiger partial charge in [-0.2, -0.15) is 18.3 Å². The van der Waals surface area contributed by atoms with E-state index in [2.05, 4.69) is 9.84 Å². The van der Waals surface area contributed by atoms with Gasteiger partial charge in [0.05, 0.1) is 36.2 Å². The van der Waals surface area contributed by atoms with Crippen LogP contribution in [0, 0.1) is 6.92 Å². The van der Waals surface area contributed by atoms with Gasteiger partial charge in [-0.1, -0.05) is 6.07 Å². The van der Waals surface area contributed by atoms with Gasteiger partial charge in [0.1, 0.15) is 5.75 Å². The second-order valence-electron chi connectivity index (χ2n) is 7.38. The molecule has 0 unspecified atom stereocenters. The van der Waals surface area contributed by atoms with E-state index in [9.17, 15) is 22.8 Å². The first kappa shape index (κ1) is 21.6. The number of nitrogens with zero attached hydrogens (tertiary/aromatic N) is 2. The van der Waals surface area contributed by atoms with E-state index in [1.807, 2.05) is 0 Å². The molecule has 1 aliphatic heterocycles. The molecule has 1 aromatic heterocycles. The number of rotatable bonds is 4. The minimum atomic E-state index is -4.87. The van der Waals surface area contributed by atoms with Crippen molar-refractivity contribution in [3.05, 3.63) is 65.0 Å². The summed E-state index contributed by atoms with van der Waals surface area (Å²) in [6, 6.07) is 8.64. The van der Waals surface area contributed by atoms with E-state index in [4.69, 9.17) is 4.74 Å². The van der Waals surface area contributed by atoms with Crippen LogP contribution in [0.3, 0.4) is 0 Å². The molecule has 1 aliphatic rings. The third-order valence-electron chi connectivity index (χ3n) is 5.25. The number of ether oxygens (including phenoxy) is 2. The summed E-state index contributed by atoms with van der Waals surface area (Å²) in [4.78, 5) is 25.0. The Bertz CT molecular complexity index is 1210. The smallest absolute Gasteiger partial charge is 0.417 e. The summed E-state index contributed by atoms with van der Waals surface area (Å²) < 4.78 is 53.3. The molecule has 6 nitrogen and oxygen atoms in total. The number of hydrogen-bond donors (Lipinski definition) is 0. The lowest BCUT2D eigenvalue weighted by atomic mass is 9.89. The number of Topliss-reactive ketones (excluding diaryl/α,β-unsaturated/α-hetero) is 1. The van der Waals surface area contributed by atoms with Gasteiger partial charge < -0.3 is 9.47 Å². The van der Waals surface area contributed by atoms with Crippen LogP contribution >= 0.6 is 0 Å². The fourth-order valence-electron chi connectivity index (χ4n) is 3.81. The molecule has 0 N–H and O–H groups in total. The van der Waals surface area contributed by atoms with Crippen LogP contribution in [0.15, 0.2) is 42.6 Å². The number of methoxy groups -OCH3 is 1. The van der Waals surface area contributed by atoms with E-state index in [1.54, 1.807) is 37.4 Å². The van der Waals surface area contributed by atoms with E-state index in [-0.39, 0.29) is 11.3 Å². The Balaban J connectivity index is 2.08. The number of hydrogen-bond acceptors (Lipinski definition) is 5. The Morgan fingerprint density at radius 1 is 1.16 bits per heavy atom. The SMILES string of the molecule is COC(=O)C(=O)c1c(C(F)(F)F)ccc(-n2ccc(C)n2)c1-c1ccc2c(c1)CCCO2. The molecule has 3 aromatic rings. The van der Waals surface area contributed by atoms with E-state index in [0.717, 1.165) is 25.2 Å². The average molecular weight is 444 g/mol. The van der Waals surface area contributed by atoms with Gasteiger partial charge in [0, 0.05) is 11.8 Å². The van der Waals surface area contributed by atoms with Gasteiger partial charge in [0.2, 0.25) is 0 Å². The van der Waals surface area contributed by atoms with E-state index < -0.39 is 29.1 Å². The first-order valence-corrected chi connectivity index (χ1v) is 9.86. The van der Waals surface area contributed by atoms with E-state index >= 15 is 0 Å². The zero-order valence-electron chi connectivity index (χ0n) is 17.3. The third kappa shape index (κ3) is 3.86. The number of halogens is 3. The second kappa shape index (κ2) is 8.14. The molecule has 0 fully saturated rings. The normalized spacial score (nSPS) is 13.3. The molecule has 0 bridgehead atoms. The highest BCUT2D eigenvalue weighted by Gasteiger charge is 2.40. The predicted octanol–water partition coefficient (Wildman–Crippen LogP) is 4.55. The third-order valence-corrected chi connectivity index (χ3v) is 5.25. The Kier molecular flexibility index (Phi) is 5.50. The zero-order valence-corrected chi connectivity index (χ0v) is 17.3. The number of esters is 1. The van der Waals surface area contributed by atoms with Crippen LogP contribution in [0.1, 0.15) is 33.6 Å². The Hall–Kier alpha value is -3.62. The van der Waals surface area contributed by atoms with Gasteiger partial charge in [-0.3, -0.25) is 4.79 Å². The Labute approximate surface area is 181 Å². The van der Waals surface area contributed by atoms with Crippen LogP contribution < -0.4 is 4.74 Å². The summed E-state index contributed by atoms with van der Waals surface area (Å²) in [5.41, 5.74) is -0.0191. The standard InChI is InChI=1S/C23H19F3N2O4/c1-13-9-10-28(27-13)17-7-6-16(23(24,25)26)20(21(29)22(30)31-2)19(17)15-5-8-18-14(12-15)4-3-11-32-18/h5-10,12H,3-4,11H2,1-2H3. The number of aryl methyl sites for hydroxylation is 2. The summed E-state index contributed by atoms with van der Waals surface area (Å²) in [6.45, 7) is 2.29. The molecular formula is C23H19F3N2O4. The van der Waals surface area contributed by atoms with Crippen molar-refractivity contribution in [2.24, 2.45) is 0 Å². The number of benzene rings is 2. The summed E-state index contributed by atoms with van der Waals surface area (Å²) >= 11 is 0. The minimum Gasteiger partial charge on any atom is -0.493 e. The number of ketones is 1. The summed E-state index contributed by atoms with van der Waals surface area (Å²) in [6.07, 6.45) is -1.85. The van der Waals surface area contributed by atoms with Gasteiger partial charge in [0.15, 0.2) is 0 Å². The van der Waals surface area contributed by atoms with Crippen molar-refractivity contribution in [1.82, 2.24) is 9.78 Å². The number of carbonyl (C=O) groups excluding carboxylic acids is 2. The number of fused-ring (bicyclic) bond motifs is 1. The molecule has 0 amide bonds. The lowest BCUT2D eigenvalue weighted by Crippen LogP contribution is -2.23. The molecule has 0 saturated carbocycles. The lowest BCUT2D eigenvalue weighted by molar-refractivity contribution is -0.138. The predicted molar refractivity (Wildman–Crippen MR) is 109 cm³/mol. The van der Waals surface area contributed by atoms with Gasteiger partial charge in [0.25, 0.3) is 5.78 Å². The van der Waals surface area contributed by atoms with Crippen molar-refractivity contribution in [1.29, 1.82) is 0 Å². The summed E-state index contributed by atoms with van der Waals surface area (Å²) in [5, 5.41) is 4.30. The van der Waals surface area contributed by atoms with Crippen LogP contribution in [-0.2, 0) is 22.1 Å². The van der Waals surface area contributed by atoms with Crippen LogP contribution in [0.2, 0.25) is 0 Å². The fraction of sp³-hybridized carbons (Fsp3) is 0.261. The van der Waals surface area contributed by atoms with Crippen molar-refractivity contribution >= 4 is 11.8 Å². The molecule has 0 saturated heterocycles. The quantitative estimate of drug-likeness (QED) is 0.336. The van der Waals surface area contributed by atoms with Crippen LogP contribution in [0.25, 0.3) is 16.8 Å². The van der Waals surface area contributed by atoms with Gasteiger partial charge in [-0.05, 0) is 61.2 Å². The van der Waals surface area contributed by atoms with Gasteiger partial charge in [-0.25, -0.2) is 9.48 Å².